The van der Waals surface area contributed by atoms with Gasteiger partial charge in [-0.25, -0.2) is 0 Å². The summed E-state index contributed by atoms with van der Waals surface area (Å²) in [7, 11) is 2.06. The van der Waals surface area contributed by atoms with Gasteiger partial charge < -0.3 is 26.7 Å². The molecule has 0 saturated carbocycles. The summed E-state index contributed by atoms with van der Waals surface area (Å²) >= 11 is 0. The second-order valence-electron chi connectivity index (χ2n) is 6.26. The fourth-order valence-corrected chi connectivity index (χ4v) is 2.51. The molecule has 0 heterocycles. The molecule has 0 bridgehead atoms. The molecule has 0 atom stereocenters. The number of hydrogen-bond acceptors (Lipinski definition) is 5. The summed E-state index contributed by atoms with van der Waals surface area (Å²) in [5.41, 5.74) is 8.67. The topological polar surface area (TPSA) is 94.2 Å². The minimum Gasteiger partial charge on any atom is -0.397 e. The van der Waals surface area contributed by atoms with Crippen LogP contribution < -0.4 is 21.3 Å². The van der Waals surface area contributed by atoms with E-state index in [-0.39, 0.29) is 5.91 Å². The van der Waals surface area contributed by atoms with Crippen LogP contribution in [0.15, 0.2) is 78.5 Å². The molecular formula is C22H27N5O. The summed E-state index contributed by atoms with van der Waals surface area (Å²) in [5, 5.41) is 13.4. The highest BCUT2D eigenvalue weighted by Crippen LogP contribution is 2.16. The Balaban J connectivity index is 1.75. The van der Waals surface area contributed by atoms with Gasteiger partial charge in [0.15, 0.2) is 0 Å². The number of amides is 1. The second kappa shape index (κ2) is 11.2. The fourth-order valence-electron chi connectivity index (χ4n) is 2.51. The van der Waals surface area contributed by atoms with E-state index < -0.39 is 0 Å². The van der Waals surface area contributed by atoms with Crippen LogP contribution in [-0.4, -0.2) is 32.3 Å². The van der Waals surface area contributed by atoms with E-state index in [4.69, 9.17) is 11.1 Å². The van der Waals surface area contributed by atoms with Gasteiger partial charge in [0.1, 0.15) is 0 Å². The zero-order chi connectivity index (χ0) is 20.2. The summed E-state index contributed by atoms with van der Waals surface area (Å²) in [6.07, 6.45) is 6.85. The molecule has 0 fully saturated rings. The summed E-state index contributed by atoms with van der Waals surface area (Å²) in [6.45, 7) is 1.69. The Kier molecular flexibility index (Phi) is 8.33. The Labute approximate surface area is 166 Å². The Morgan fingerprint density at radius 3 is 2.54 bits per heavy atom. The van der Waals surface area contributed by atoms with Gasteiger partial charge in [-0.05, 0) is 36.8 Å². The van der Waals surface area contributed by atoms with Crippen molar-refractivity contribution >= 4 is 29.2 Å². The van der Waals surface area contributed by atoms with Crippen molar-refractivity contribution in [1.29, 1.82) is 5.41 Å². The molecule has 0 saturated heterocycles. The largest absolute Gasteiger partial charge is 0.397 e. The number of nitrogens with one attached hydrogen (secondary N) is 3. The SMILES string of the molecule is CN(CCCN/C=C(C=N)/C=C/C(=O)Nc1ccccc1N)c1ccccc1. The number of para-hydroxylation sites is 3. The highest BCUT2D eigenvalue weighted by molar-refractivity contribution is 6.02. The third-order valence-corrected chi connectivity index (χ3v) is 4.09. The van der Waals surface area contributed by atoms with E-state index in [0.29, 0.717) is 16.9 Å². The van der Waals surface area contributed by atoms with Crippen molar-refractivity contribution in [3.63, 3.8) is 0 Å². The lowest BCUT2D eigenvalue weighted by Gasteiger charge is -2.19. The van der Waals surface area contributed by atoms with Crippen LogP contribution >= 0.6 is 0 Å². The lowest BCUT2D eigenvalue weighted by atomic mass is 10.2. The number of nitrogen functional groups attached to an aromatic ring is 1. The average Bonchev–Trinajstić information content (AvgIpc) is 2.72. The smallest absolute Gasteiger partial charge is 0.248 e. The molecule has 0 aliphatic rings. The molecule has 1 amide bonds. The monoisotopic (exact) mass is 377 g/mol. The molecule has 146 valence electrons. The number of rotatable bonds is 10. The first-order valence-electron chi connectivity index (χ1n) is 9.14. The van der Waals surface area contributed by atoms with Crippen LogP contribution in [0, 0.1) is 5.41 Å². The van der Waals surface area contributed by atoms with Gasteiger partial charge in [0.05, 0.1) is 11.4 Å². The maximum atomic E-state index is 12.0. The van der Waals surface area contributed by atoms with E-state index in [1.807, 2.05) is 18.2 Å². The Morgan fingerprint density at radius 2 is 1.82 bits per heavy atom. The van der Waals surface area contributed by atoms with Crippen molar-refractivity contribution in [2.24, 2.45) is 0 Å². The molecule has 2 aromatic carbocycles. The number of nitrogens with zero attached hydrogens (tertiary/aromatic N) is 1. The molecule has 0 aliphatic heterocycles. The van der Waals surface area contributed by atoms with Crippen LogP contribution in [0.2, 0.25) is 0 Å². The molecule has 28 heavy (non-hydrogen) atoms. The van der Waals surface area contributed by atoms with Gasteiger partial charge in [-0.3, -0.25) is 4.79 Å². The van der Waals surface area contributed by atoms with Crippen LogP contribution in [0.1, 0.15) is 6.42 Å². The predicted octanol–water partition coefficient (Wildman–Crippen LogP) is 3.41. The summed E-state index contributed by atoms with van der Waals surface area (Å²) in [6, 6.07) is 17.3. The van der Waals surface area contributed by atoms with Crippen molar-refractivity contribution in [3.8, 4) is 0 Å². The third-order valence-electron chi connectivity index (χ3n) is 4.09. The number of hydrogen-bond donors (Lipinski definition) is 4. The van der Waals surface area contributed by atoms with E-state index in [2.05, 4.69) is 34.7 Å². The first kappa shape index (κ1) is 20.8. The molecule has 2 rings (SSSR count). The average molecular weight is 377 g/mol. The first-order chi connectivity index (χ1) is 13.6. The van der Waals surface area contributed by atoms with E-state index in [1.165, 1.54) is 18.0 Å². The number of carbonyl (C=O) groups excluding carboxylic acids is 1. The summed E-state index contributed by atoms with van der Waals surface area (Å²) in [5.74, 6) is -0.296. The predicted molar refractivity (Wildman–Crippen MR) is 118 cm³/mol. The molecule has 5 N–H and O–H groups in total. The molecule has 0 aromatic heterocycles. The normalized spacial score (nSPS) is 11.2. The van der Waals surface area contributed by atoms with Crippen LogP contribution in [0.5, 0.6) is 0 Å². The fraction of sp³-hybridized carbons (Fsp3) is 0.182. The first-order valence-corrected chi connectivity index (χ1v) is 9.14. The molecule has 0 radical (unpaired) electrons. The highest BCUT2D eigenvalue weighted by Gasteiger charge is 2.01. The lowest BCUT2D eigenvalue weighted by molar-refractivity contribution is -0.111. The standard InChI is InChI=1S/C22H27N5O/c1-27(19-8-3-2-4-9-19)15-7-14-25-17-18(16-23)12-13-22(28)26-21-11-6-5-10-20(21)24/h2-6,8-13,16-17,23,25H,7,14-15,24H2,1H3,(H,26,28)/b13-12+,18-17-,23-16?. The molecule has 6 heteroatoms. The second-order valence-corrected chi connectivity index (χ2v) is 6.26. The van der Waals surface area contributed by atoms with Crippen molar-refractivity contribution < 1.29 is 4.79 Å². The number of benzene rings is 2. The van der Waals surface area contributed by atoms with Gasteiger partial charge in [-0.1, -0.05) is 30.3 Å². The molecule has 0 aliphatic carbocycles. The van der Waals surface area contributed by atoms with E-state index in [1.54, 1.807) is 36.5 Å². The molecule has 2 aromatic rings. The van der Waals surface area contributed by atoms with Gasteiger partial charge in [0, 0.05) is 49.9 Å². The van der Waals surface area contributed by atoms with Crippen LogP contribution in [0.25, 0.3) is 0 Å². The van der Waals surface area contributed by atoms with E-state index in [0.717, 1.165) is 19.5 Å². The van der Waals surface area contributed by atoms with Crippen molar-refractivity contribution in [2.75, 3.05) is 36.1 Å². The third kappa shape index (κ3) is 6.99. The van der Waals surface area contributed by atoms with Crippen LogP contribution in [0.4, 0.5) is 17.1 Å². The molecular weight excluding hydrogens is 350 g/mol. The van der Waals surface area contributed by atoms with Crippen molar-refractivity contribution in [3.05, 3.63) is 78.5 Å². The zero-order valence-corrected chi connectivity index (χ0v) is 16.1. The quantitative estimate of drug-likeness (QED) is 0.168. The van der Waals surface area contributed by atoms with Gasteiger partial charge in [-0.2, -0.15) is 0 Å². The minimum atomic E-state index is -0.296. The van der Waals surface area contributed by atoms with Gasteiger partial charge in [0.25, 0.3) is 0 Å². The number of carbonyl (C=O) groups is 1. The van der Waals surface area contributed by atoms with Gasteiger partial charge >= 0.3 is 0 Å². The Bertz CT molecular complexity index is 830. The van der Waals surface area contributed by atoms with Crippen molar-refractivity contribution in [1.82, 2.24) is 5.32 Å². The van der Waals surface area contributed by atoms with E-state index >= 15 is 0 Å². The Hall–Kier alpha value is -3.54. The zero-order valence-electron chi connectivity index (χ0n) is 16.1. The van der Waals surface area contributed by atoms with Crippen LogP contribution in [-0.2, 0) is 4.79 Å². The summed E-state index contributed by atoms with van der Waals surface area (Å²) < 4.78 is 0. The molecule has 6 nitrogen and oxygen atoms in total. The maximum Gasteiger partial charge on any atom is 0.248 e. The Morgan fingerprint density at radius 1 is 1.11 bits per heavy atom. The lowest BCUT2D eigenvalue weighted by Crippen LogP contribution is -2.22. The molecule has 0 spiro atoms. The highest BCUT2D eigenvalue weighted by atomic mass is 16.1. The summed E-state index contributed by atoms with van der Waals surface area (Å²) in [4.78, 5) is 14.2. The van der Waals surface area contributed by atoms with Gasteiger partial charge in [-0.15, -0.1) is 0 Å². The maximum absolute atomic E-state index is 12.0. The van der Waals surface area contributed by atoms with Crippen molar-refractivity contribution in [2.45, 2.75) is 6.42 Å². The molecule has 0 unspecified atom stereocenters. The number of allylic oxidation sites excluding steroid dienone is 2. The number of anilines is 3. The van der Waals surface area contributed by atoms with Gasteiger partial charge in [0.2, 0.25) is 5.91 Å². The van der Waals surface area contributed by atoms with Crippen LogP contribution in [0.3, 0.4) is 0 Å². The number of nitrogens with two attached hydrogens (primary N) is 1. The van der Waals surface area contributed by atoms with E-state index in [9.17, 15) is 4.79 Å². The minimum absolute atomic E-state index is 0.296.